The van der Waals surface area contributed by atoms with E-state index in [1.807, 2.05) is 18.2 Å². The fourth-order valence-corrected chi connectivity index (χ4v) is 2.28. The molecule has 0 saturated carbocycles. The second-order valence-corrected chi connectivity index (χ2v) is 4.36. The van der Waals surface area contributed by atoms with Crippen molar-refractivity contribution in [3.8, 4) is 11.1 Å². The Morgan fingerprint density at radius 2 is 1.94 bits per heavy atom. The number of nitro benzene ring substituents is 1. The van der Waals surface area contributed by atoms with E-state index in [-0.39, 0.29) is 10.6 Å². The first kappa shape index (κ1) is 10.8. The van der Waals surface area contributed by atoms with Gasteiger partial charge in [-0.05, 0) is 35.2 Å². The van der Waals surface area contributed by atoms with Gasteiger partial charge in [-0.1, -0.05) is 18.2 Å². The maximum absolute atomic E-state index is 10.8. The lowest BCUT2D eigenvalue weighted by Crippen LogP contribution is -1.90. The van der Waals surface area contributed by atoms with E-state index in [9.17, 15) is 10.1 Å². The van der Waals surface area contributed by atoms with Gasteiger partial charge in [-0.3, -0.25) is 10.1 Å². The quantitative estimate of drug-likeness (QED) is 0.647. The van der Waals surface area contributed by atoms with Gasteiger partial charge in [0.25, 0.3) is 5.69 Å². The second kappa shape index (κ2) is 4.14. The number of hydrogen-bond acceptors (Lipinski definition) is 3. The Balaban J connectivity index is 2.04. The maximum atomic E-state index is 10.8. The zero-order valence-electron chi connectivity index (χ0n) is 9.72. The van der Waals surface area contributed by atoms with Crippen molar-refractivity contribution in [2.24, 2.45) is 0 Å². The highest BCUT2D eigenvalue weighted by atomic mass is 16.6. The van der Waals surface area contributed by atoms with Crippen LogP contribution in [0.25, 0.3) is 11.1 Å². The van der Waals surface area contributed by atoms with Crippen LogP contribution in [-0.4, -0.2) is 11.5 Å². The fraction of sp³-hybridized carbons (Fsp3) is 0.143. The minimum atomic E-state index is -0.363. The van der Waals surface area contributed by atoms with Gasteiger partial charge < -0.3 is 5.32 Å². The molecule has 0 aromatic heterocycles. The molecule has 0 aliphatic carbocycles. The van der Waals surface area contributed by atoms with Crippen molar-refractivity contribution in [1.29, 1.82) is 0 Å². The molecular formula is C14H12N2O2. The molecule has 0 bridgehead atoms. The SMILES string of the molecule is O=[N+]([O-])c1cccc(-c2ccc3c(c2)CCN3)c1. The molecule has 2 aromatic carbocycles. The van der Waals surface area contributed by atoms with Crippen LogP contribution in [-0.2, 0) is 6.42 Å². The van der Waals surface area contributed by atoms with Gasteiger partial charge in [0, 0.05) is 24.4 Å². The molecule has 0 atom stereocenters. The summed E-state index contributed by atoms with van der Waals surface area (Å²) in [5.41, 5.74) is 4.49. The smallest absolute Gasteiger partial charge is 0.270 e. The predicted molar refractivity (Wildman–Crippen MR) is 70.7 cm³/mol. The van der Waals surface area contributed by atoms with Crippen molar-refractivity contribution < 1.29 is 4.92 Å². The van der Waals surface area contributed by atoms with Crippen molar-refractivity contribution in [2.75, 3.05) is 11.9 Å². The highest BCUT2D eigenvalue weighted by Crippen LogP contribution is 2.29. The number of fused-ring (bicyclic) bond motifs is 1. The van der Waals surface area contributed by atoms with E-state index in [0.29, 0.717) is 0 Å². The molecule has 0 radical (unpaired) electrons. The molecule has 0 fully saturated rings. The van der Waals surface area contributed by atoms with E-state index >= 15 is 0 Å². The Kier molecular flexibility index (Phi) is 2.48. The van der Waals surface area contributed by atoms with Gasteiger partial charge in [-0.2, -0.15) is 0 Å². The molecule has 4 nitrogen and oxygen atoms in total. The van der Waals surface area contributed by atoms with Crippen LogP contribution >= 0.6 is 0 Å². The summed E-state index contributed by atoms with van der Waals surface area (Å²) >= 11 is 0. The van der Waals surface area contributed by atoms with Crippen LogP contribution in [0.1, 0.15) is 5.56 Å². The van der Waals surface area contributed by atoms with Gasteiger partial charge in [0.05, 0.1) is 4.92 Å². The zero-order valence-corrected chi connectivity index (χ0v) is 9.72. The third-order valence-electron chi connectivity index (χ3n) is 3.21. The van der Waals surface area contributed by atoms with E-state index in [4.69, 9.17) is 0 Å². The number of nitro groups is 1. The summed E-state index contributed by atoms with van der Waals surface area (Å²) in [4.78, 5) is 10.4. The van der Waals surface area contributed by atoms with E-state index in [2.05, 4.69) is 11.4 Å². The Morgan fingerprint density at radius 1 is 1.11 bits per heavy atom. The standard InChI is InChI=1S/C14H12N2O2/c17-16(18)13-3-1-2-10(9-13)11-4-5-14-12(8-11)6-7-15-14/h1-5,8-9,15H,6-7H2. The number of rotatable bonds is 2. The molecule has 1 aliphatic heterocycles. The number of anilines is 1. The molecular weight excluding hydrogens is 228 g/mol. The molecule has 0 unspecified atom stereocenters. The topological polar surface area (TPSA) is 55.2 Å². The van der Waals surface area contributed by atoms with Crippen LogP contribution in [0.5, 0.6) is 0 Å². The Morgan fingerprint density at radius 3 is 2.78 bits per heavy atom. The lowest BCUT2D eigenvalue weighted by atomic mass is 10.0. The summed E-state index contributed by atoms with van der Waals surface area (Å²) in [5.74, 6) is 0. The zero-order chi connectivity index (χ0) is 12.5. The molecule has 3 rings (SSSR count). The average Bonchev–Trinajstić information content (AvgIpc) is 2.86. The molecule has 0 spiro atoms. The van der Waals surface area contributed by atoms with Crippen molar-refractivity contribution in [3.05, 3.63) is 58.1 Å². The number of nitrogens with zero attached hydrogens (tertiary/aromatic N) is 1. The second-order valence-electron chi connectivity index (χ2n) is 4.36. The van der Waals surface area contributed by atoms with Crippen molar-refractivity contribution >= 4 is 11.4 Å². The predicted octanol–water partition coefficient (Wildman–Crippen LogP) is 3.23. The summed E-state index contributed by atoms with van der Waals surface area (Å²) in [6.07, 6.45) is 1.01. The largest absolute Gasteiger partial charge is 0.384 e. The van der Waals surface area contributed by atoms with Crippen LogP contribution in [0.15, 0.2) is 42.5 Å². The van der Waals surface area contributed by atoms with E-state index < -0.39 is 0 Å². The Bertz CT molecular complexity index is 623. The van der Waals surface area contributed by atoms with Crippen LogP contribution in [0.2, 0.25) is 0 Å². The molecule has 0 saturated heterocycles. The molecule has 1 aliphatic rings. The maximum Gasteiger partial charge on any atom is 0.270 e. The van der Waals surface area contributed by atoms with Gasteiger partial charge in [0.1, 0.15) is 0 Å². The highest BCUT2D eigenvalue weighted by molar-refractivity contribution is 5.71. The van der Waals surface area contributed by atoms with E-state index in [0.717, 1.165) is 24.1 Å². The molecule has 1 heterocycles. The minimum Gasteiger partial charge on any atom is -0.384 e. The van der Waals surface area contributed by atoms with E-state index in [1.54, 1.807) is 12.1 Å². The van der Waals surface area contributed by atoms with Crippen LogP contribution in [0.3, 0.4) is 0 Å². The fourth-order valence-electron chi connectivity index (χ4n) is 2.28. The molecule has 4 heteroatoms. The summed E-state index contributed by atoms with van der Waals surface area (Å²) < 4.78 is 0. The first-order valence-corrected chi connectivity index (χ1v) is 5.86. The summed E-state index contributed by atoms with van der Waals surface area (Å²) in [6, 6.07) is 12.9. The first-order valence-electron chi connectivity index (χ1n) is 5.86. The van der Waals surface area contributed by atoms with Gasteiger partial charge >= 0.3 is 0 Å². The van der Waals surface area contributed by atoms with Crippen molar-refractivity contribution in [3.63, 3.8) is 0 Å². The van der Waals surface area contributed by atoms with Gasteiger partial charge in [-0.15, -0.1) is 0 Å². The van der Waals surface area contributed by atoms with Crippen LogP contribution < -0.4 is 5.32 Å². The molecule has 1 N–H and O–H groups in total. The third kappa shape index (κ3) is 1.82. The van der Waals surface area contributed by atoms with Crippen LogP contribution in [0.4, 0.5) is 11.4 Å². The van der Waals surface area contributed by atoms with Gasteiger partial charge in [-0.25, -0.2) is 0 Å². The monoisotopic (exact) mass is 240 g/mol. The normalized spacial score (nSPS) is 12.9. The molecule has 0 amide bonds. The van der Waals surface area contributed by atoms with Gasteiger partial charge in [0.15, 0.2) is 0 Å². The number of non-ortho nitro benzene ring substituents is 1. The first-order chi connectivity index (χ1) is 8.74. The van der Waals surface area contributed by atoms with Gasteiger partial charge in [0.2, 0.25) is 0 Å². The molecule has 18 heavy (non-hydrogen) atoms. The lowest BCUT2D eigenvalue weighted by molar-refractivity contribution is -0.384. The van der Waals surface area contributed by atoms with Crippen LogP contribution in [0, 0.1) is 10.1 Å². The molecule has 2 aromatic rings. The lowest BCUT2D eigenvalue weighted by Gasteiger charge is -2.05. The van der Waals surface area contributed by atoms with Crippen molar-refractivity contribution in [2.45, 2.75) is 6.42 Å². The Labute approximate surface area is 104 Å². The highest BCUT2D eigenvalue weighted by Gasteiger charge is 2.12. The third-order valence-corrected chi connectivity index (χ3v) is 3.21. The summed E-state index contributed by atoms with van der Waals surface area (Å²) in [5, 5.41) is 14.1. The average molecular weight is 240 g/mol. The van der Waals surface area contributed by atoms with Crippen molar-refractivity contribution in [1.82, 2.24) is 0 Å². The Hall–Kier alpha value is -2.36. The minimum absolute atomic E-state index is 0.131. The summed E-state index contributed by atoms with van der Waals surface area (Å²) in [6.45, 7) is 0.966. The number of benzene rings is 2. The summed E-state index contributed by atoms with van der Waals surface area (Å²) in [7, 11) is 0. The molecule has 90 valence electrons. The van der Waals surface area contributed by atoms with E-state index in [1.165, 1.54) is 17.3 Å². The number of nitrogens with one attached hydrogen (secondary N) is 1. The number of hydrogen-bond donors (Lipinski definition) is 1.